The van der Waals surface area contributed by atoms with Gasteiger partial charge < -0.3 is 18.6 Å². The van der Waals surface area contributed by atoms with Gasteiger partial charge in [0.1, 0.15) is 11.6 Å². The van der Waals surface area contributed by atoms with Gasteiger partial charge in [-0.3, -0.25) is 4.98 Å². The number of halogens is 2. The highest BCUT2D eigenvalue weighted by molar-refractivity contribution is 14.1. The van der Waals surface area contributed by atoms with Gasteiger partial charge in [0.05, 0.1) is 10.7 Å². The van der Waals surface area contributed by atoms with E-state index in [1.807, 2.05) is 75.0 Å². The molecule has 4 aromatic rings. The van der Waals surface area contributed by atoms with Crippen LogP contribution in [0, 0.1) is 0 Å². The fourth-order valence-corrected chi connectivity index (χ4v) is 4.95. The van der Waals surface area contributed by atoms with E-state index in [9.17, 15) is 4.79 Å². The van der Waals surface area contributed by atoms with Crippen LogP contribution in [0.1, 0.15) is 35.6 Å². The van der Waals surface area contributed by atoms with Gasteiger partial charge in [0.25, 0.3) is 0 Å². The average Bonchev–Trinajstić information content (AvgIpc) is 3.32. The fraction of sp³-hybridized carbons (Fsp3) is 0.280. The van der Waals surface area contributed by atoms with Crippen LogP contribution in [0.3, 0.4) is 0 Å². The molecule has 1 aliphatic heterocycles. The van der Waals surface area contributed by atoms with E-state index in [1.54, 1.807) is 12.4 Å². The number of urea groups is 1. The van der Waals surface area contributed by atoms with Crippen molar-refractivity contribution < 1.29 is 7.86 Å². The largest absolute Gasteiger partial charge is 0.428 e. The van der Waals surface area contributed by atoms with Crippen molar-refractivity contribution in [2.75, 3.05) is 18.4 Å². The molecular weight excluding hydrogens is 637 g/mol. The predicted molar refractivity (Wildman–Crippen MR) is 149 cm³/mol. The third-order valence-corrected chi connectivity index (χ3v) is 7.37. The summed E-state index contributed by atoms with van der Waals surface area (Å²) in [5.41, 5.74) is 3.91. The Morgan fingerprint density at radius 2 is 1.92 bits per heavy atom. The number of piperidine rings is 1. The molecule has 0 saturated carbocycles. The molecule has 1 fully saturated rings. The Labute approximate surface area is 231 Å². The number of likely N-dealkylation sites (tertiary alicyclic amines) is 1. The number of anilines is 1. The van der Waals surface area contributed by atoms with E-state index in [0.717, 1.165) is 51.3 Å². The van der Waals surface area contributed by atoms with Crippen molar-refractivity contribution in [3.8, 4) is 5.75 Å². The zero-order valence-electron chi connectivity index (χ0n) is 19.4. The number of benzene rings is 1. The van der Waals surface area contributed by atoms with Crippen LogP contribution in [0.2, 0.25) is 0 Å². The number of amides is 2. The van der Waals surface area contributed by atoms with E-state index < -0.39 is 0 Å². The summed E-state index contributed by atoms with van der Waals surface area (Å²) in [6.45, 7) is 2.49. The normalized spacial score (nSPS) is 14.1. The Morgan fingerprint density at radius 1 is 1.11 bits per heavy atom. The lowest BCUT2D eigenvalue weighted by Crippen LogP contribution is -2.43. The summed E-state index contributed by atoms with van der Waals surface area (Å²) >= 11 is 5.43. The highest BCUT2D eigenvalue weighted by Gasteiger charge is 2.26. The lowest BCUT2D eigenvalue weighted by atomic mass is 9.93. The molecule has 1 aromatic carbocycles. The zero-order valence-corrected chi connectivity index (χ0v) is 23.1. The monoisotopic (exact) mass is 661 g/mol. The third-order valence-electron chi connectivity index (χ3n) is 6.30. The summed E-state index contributed by atoms with van der Waals surface area (Å²) < 4.78 is 7.82. The van der Waals surface area contributed by atoms with Gasteiger partial charge in [-0.05, 0) is 58.1 Å². The highest BCUT2D eigenvalue weighted by atomic mass is 127. The first-order valence-corrected chi connectivity index (χ1v) is 13.4. The van der Waals surface area contributed by atoms with E-state index in [4.69, 9.17) is 8.05 Å². The molecule has 2 N–H and O–H groups in total. The molecule has 0 aliphatic carbocycles. The van der Waals surface area contributed by atoms with Crippen molar-refractivity contribution in [1.82, 2.24) is 29.8 Å². The molecule has 0 spiro atoms. The number of hydrogen-bond donors (Lipinski definition) is 2. The summed E-state index contributed by atoms with van der Waals surface area (Å²) in [5.74, 6) is 1.93. The number of hydrogen-bond acceptors (Lipinski definition) is 6. The van der Waals surface area contributed by atoms with E-state index in [2.05, 4.69) is 42.7 Å². The molecule has 36 heavy (non-hydrogen) atoms. The number of fused-ring (bicyclic) bond motifs is 1. The van der Waals surface area contributed by atoms with E-state index in [1.165, 1.54) is 0 Å². The van der Waals surface area contributed by atoms with Gasteiger partial charge in [-0.1, -0.05) is 18.2 Å². The van der Waals surface area contributed by atoms with Crippen LogP contribution in [-0.2, 0) is 13.1 Å². The molecular formula is C25H25BrIN7O2. The molecule has 9 nitrogen and oxygen atoms in total. The molecule has 4 heterocycles. The second-order valence-corrected chi connectivity index (χ2v) is 9.94. The van der Waals surface area contributed by atoms with Crippen LogP contribution in [0.4, 0.5) is 10.6 Å². The first-order chi connectivity index (χ1) is 17.6. The Hall–Kier alpha value is -2.93. The van der Waals surface area contributed by atoms with Crippen LogP contribution >= 0.6 is 38.9 Å². The predicted octanol–water partition coefficient (Wildman–Crippen LogP) is 5.32. The summed E-state index contributed by atoms with van der Waals surface area (Å²) in [4.78, 5) is 23.7. The zero-order chi connectivity index (χ0) is 24.9. The van der Waals surface area contributed by atoms with Gasteiger partial charge in [0.2, 0.25) is 0 Å². The summed E-state index contributed by atoms with van der Waals surface area (Å²) in [6.07, 6.45) is 7.08. The van der Waals surface area contributed by atoms with Crippen LogP contribution < -0.4 is 13.7 Å². The molecule has 1 aliphatic rings. The van der Waals surface area contributed by atoms with Crippen LogP contribution in [0.15, 0.2) is 65.5 Å². The quantitative estimate of drug-likeness (QED) is 0.261. The van der Waals surface area contributed by atoms with Crippen molar-refractivity contribution >= 4 is 56.4 Å². The minimum atomic E-state index is -0.0385. The van der Waals surface area contributed by atoms with Gasteiger partial charge in [-0.25, -0.2) is 9.78 Å². The highest BCUT2D eigenvalue weighted by Crippen LogP contribution is 2.30. The van der Waals surface area contributed by atoms with E-state index in [0.29, 0.717) is 26.2 Å². The minimum Gasteiger partial charge on any atom is -0.428 e. The van der Waals surface area contributed by atoms with Crippen molar-refractivity contribution in [1.29, 1.82) is 0 Å². The van der Waals surface area contributed by atoms with Crippen LogP contribution in [0.25, 0.3) is 5.65 Å². The van der Waals surface area contributed by atoms with Crippen molar-refractivity contribution in [2.45, 2.75) is 31.8 Å². The molecule has 0 atom stereocenters. The molecule has 3 aromatic heterocycles. The molecule has 5 rings (SSSR count). The topological polar surface area (TPSA) is 96.7 Å². The first-order valence-electron chi connectivity index (χ1n) is 11.7. The summed E-state index contributed by atoms with van der Waals surface area (Å²) in [5, 5.41) is 11.0. The number of nitrogens with zero attached hydrogens (tertiary/aromatic N) is 5. The van der Waals surface area contributed by atoms with Gasteiger partial charge >= 0.3 is 6.03 Å². The molecule has 11 heteroatoms. The average molecular weight is 662 g/mol. The van der Waals surface area contributed by atoms with Gasteiger partial charge in [0, 0.05) is 56.3 Å². The summed E-state index contributed by atoms with van der Waals surface area (Å²) in [7, 11) is 0. The number of pyridine rings is 1. The second kappa shape index (κ2) is 11.4. The lowest BCUT2D eigenvalue weighted by Gasteiger charge is -2.32. The van der Waals surface area contributed by atoms with Gasteiger partial charge in [-0.2, -0.15) is 9.61 Å². The minimum absolute atomic E-state index is 0.0385. The van der Waals surface area contributed by atoms with Gasteiger partial charge in [-0.15, -0.1) is 0 Å². The van der Waals surface area contributed by atoms with Crippen molar-refractivity contribution in [3.05, 3.63) is 82.3 Å². The number of rotatable bonds is 7. The Kier molecular flexibility index (Phi) is 7.85. The lowest BCUT2D eigenvalue weighted by molar-refractivity contribution is 0.180. The maximum atomic E-state index is 12.7. The van der Waals surface area contributed by atoms with E-state index >= 15 is 0 Å². The molecule has 1 saturated heterocycles. The maximum Gasteiger partial charge on any atom is 0.317 e. The second-order valence-electron chi connectivity index (χ2n) is 8.65. The number of aromatic nitrogens is 4. The maximum absolute atomic E-state index is 12.7. The van der Waals surface area contributed by atoms with Crippen LogP contribution in [0.5, 0.6) is 5.75 Å². The summed E-state index contributed by atoms with van der Waals surface area (Å²) in [6, 6.07) is 13.7. The fourth-order valence-electron chi connectivity index (χ4n) is 4.31. The molecule has 0 unspecified atom stereocenters. The number of carbonyl (C=O) groups excluding carboxylic acids is 1. The molecule has 186 valence electrons. The van der Waals surface area contributed by atoms with Crippen molar-refractivity contribution in [2.24, 2.45) is 0 Å². The standard InChI is InChI=1S/C25H25BrIN7O2/c26-21-16-31-34-23(29-15-18-2-1-9-28-13-18)12-22(32-24(21)34)19-7-10-33(11-8-19)25(35)30-14-17-3-5-20(36-27)6-4-17/h1-6,9,12-13,16,19,29H,7-8,10-11,14-15H2,(H,30,35). The third kappa shape index (κ3) is 5.72. The first kappa shape index (κ1) is 24.8. The smallest absolute Gasteiger partial charge is 0.317 e. The number of nitrogens with one attached hydrogen (secondary N) is 2. The Bertz CT molecular complexity index is 1330. The van der Waals surface area contributed by atoms with Crippen molar-refractivity contribution in [3.63, 3.8) is 0 Å². The Balaban J connectivity index is 1.22. The Morgan fingerprint density at radius 3 is 2.64 bits per heavy atom. The van der Waals surface area contributed by atoms with E-state index in [-0.39, 0.29) is 11.9 Å². The van der Waals surface area contributed by atoms with Gasteiger partial charge in [0.15, 0.2) is 28.7 Å². The molecule has 0 radical (unpaired) electrons. The SMILES string of the molecule is O=C(NCc1ccc(OI)cc1)N1CCC(c2cc(NCc3cccnc3)n3ncc(Br)c3n2)CC1. The van der Waals surface area contributed by atoms with Crippen LogP contribution in [-0.4, -0.2) is 43.6 Å². The number of carbonyl (C=O) groups is 1. The molecule has 2 amide bonds. The molecule has 0 bridgehead atoms.